The molecular formula is C45H30O. The smallest absolute Gasteiger partial charge is 0.143 e. The summed E-state index contributed by atoms with van der Waals surface area (Å²) in [5.41, 5.74) is 7.16. The Bertz CT molecular complexity index is 3090. The topological polar surface area (TPSA) is 13.1 Å². The van der Waals surface area contributed by atoms with Gasteiger partial charge in [0.25, 0.3) is 0 Å². The Morgan fingerprint density at radius 3 is 1.85 bits per heavy atom. The van der Waals surface area contributed by atoms with Crippen molar-refractivity contribution in [2.75, 3.05) is 0 Å². The van der Waals surface area contributed by atoms with Gasteiger partial charge in [0, 0.05) is 21.6 Å². The van der Waals surface area contributed by atoms with E-state index in [1.807, 2.05) is 78.9 Å². The average molecular weight is 595 g/mol. The molecule has 0 atom stereocenters. The largest absolute Gasteiger partial charge is 0.455 e. The van der Waals surface area contributed by atoms with Gasteiger partial charge in [-0.15, -0.1) is 0 Å². The summed E-state index contributed by atoms with van der Waals surface area (Å²) < 4.78 is 79.3. The van der Waals surface area contributed by atoms with Crippen molar-refractivity contribution < 1.29 is 15.4 Å². The zero-order chi connectivity index (χ0) is 37.5. The van der Waals surface area contributed by atoms with Gasteiger partial charge >= 0.3 is 0 Å². The van der Waals surface area contributed by atoms with Gasteiger partial charge in [-0.2, -0.15) is 0 Å². The van der Waals surface area contributed by atoms with Crippen molar-refractivity contribution in [2.24, 2.45) is 0 Å². The Balaban J connectivity index is 1.39. The third kappa shape index (κ3) is 3.40. The summed E-state index contributed by atoms with van der Waals surface area (Å²) in [5, 5.41) is 4.39. The molecule has 0 saturated carbocycles. The normalized spacial score (nSPS) is 16.0. The molecule has 0 radical (unpaired) electrons. The summed E-state index contributed by atoms with van der Waals surface area (Å²) >= 11 is 0. The van der Waals surface area contributed by atoms with Crippen LogP contribution in [0.5, 0.6) is 0 Å². The van der Waals surface area contributed by atoms with Gasteiger partial charge < -0.3 is 4.42 Å². The summed E-state index contributed by atoms with van der Waals surface area (Å²) in [6.45, 7) is 4.35. The number of benzene rings is 8. The Hall–Kier alpha value is -5.66. The van der Waals surface area contributed by atoms with Gasteiger partial charge in [0.2, 0.25) is 0 Å². The second-order valence-electron chi connectivity index (χ2n) is 12.7. The number of fused-ring (bicyclic) bond motifs is 10. The van der Waals surface area contributed by atoms with Crippen LogP contribution < -0.4 is 0 Å². The fourth-order valence-electron chi connectivity index (χ4n) is 7.74. The van der Waals surface area contributed by atoms with Gasteiger partial charge in [0.1, 0.15) is 11.2 Å². The maximum atomic E-state index is 9.40. The zero-order valence-corrected chi connectivity index (χ0v) is 25.1. The summed E-state index contributed by atoms with van der Waals surface area (Å²) in [6.07, 6.45) is 0. The zero-order valence-electron chi connectivity index (χ0n) is 33.1. The number of rotatable bonds is 2. The highest BCUT2D eigenvalue weighted by atomic mass is 16.3. The third-order valence-corrected chi connectivity index (χ3v) is 9.90. The first-order valence-corrected chi connectivity index (χ1v) is 15.4. The van der Waals surface area contributed by atoms with Crippen LogP contribution >= 0.6 is 0 Å². The minimum absolute atomic E-state index is 0.187. The van der Waals surface area contributed by atoms with Crippen molar-refractivity contribution in [1.29, 1.82) is 0 Å². The molecule has 0 amide bonds. The van der Waals surface area contributed by atoms with Crippen LogP contribution in [-0.2, 0) is 5.41 Å². The van der Waals surface area contributed by atoms with E-state index < -0.39 is 24.2 Å². The SMILES string of the molecule is [2H]c1c([2H])c([2H])c2c(-c3ccc4oc5c6ccccc6ccc5c4c3)c3c([2H])c([2H])c([2H])c([2H])c3c(-c3ccc4c(c3)-c3ccccc3C4(C)C)c2c1[2H]. The molecule has 10 rings (SSSR count). The number of hydrogen-bond acceptors (Lipinski definition) is 1. The van der Waals surface area contributed by atoms with Gasteiger partial charge in [-0.05, 0) is 95.7 Å². The van der Waals surface area contributed by atoms with Gasteiger partial charge in [0.15, 0.2) is 0 Å². The van der Waals surface area contributed by atoms with Crippen LogP contribution in [0.1, 0.15) is 35.9 Å². The van der Waals surface area contributed by atoms with E-state index in [1.54, 1.807) is 6.07 Å². The van der Waals surface area contributed by atoms with Crippen molar-refractivity contribution in [3.05, 3.63) is 157 Å². The highest BCUT2D eigenvalue weighted by molar-refractivity contribution is 6.23. The van der Waals surface area contributed by atoms with Crippen molar-refractivity contribution in [2.45, 2.75) is 19.3 Å². The average Bonchev–Trinajstić information content (AvgIpc) is 3.68. The summed E-state index contributed by atoms with van der Waals surface area (Å²) in [6, 6.07) is 28.9. The molecule has 1 nitrogen and oxygen atoms in total. The molecule has 0 saturated heterocycles. The molecule has 216 valence electrons. The lowest BCUT2D eigenvalue weighted by Gasteiger charge is -2.22. The minimum Gasteiger partial charge on any atom is -0.455 e. The van der Waals surface area contributed by atoms with Crippen LogP contribution in [0.2, 0.25) is 0 Å². The standard InChI is InChI=1S/C45H30O/c1-45(2)39-18-10-9-13-31(39)37-25-28(20-23-40(37)45)42-32-14-5-7-16-34(32)43(35-17-8-6-15-33(35)42)29-21-24-41-38(26-29)36-22-19-27-11-3-4-12-30(27)44(36)46-41/h3-26H,1-2H3/i5D,6D,7D,8D,14D,15D,16D,17D. The Labute approximate surface area is 278 Å². The van der Waals surface area contributed by atoms with Crippen LogP contribution in [0.25, 0.3) is 87.6 Å². The predicted molar refractivity (Wildman–Crippen MR) is 195 cm³/mol. The van der Waals surface area contributed by atoms with E-state index in [1.165, 1.54) is 5.56 Å². The van der Waals surface area contributed by atoms with Crippen LogP contribution in [0.4, 0.5) is 0 Å². The first-order chi connectivity index (χ1) is 25.9. The molecule has 1 aliphatic rings. The predicted octanol–water partition coefficient (Wildman–Crippen LogP) is 12.7. The van der Waals surface area contributed by atoms with E-state index >= 15 is 0 Å². The molecule has 9 aromatic rings. The molecule has 0 N–H and O–H groups in total. The molecule has 0 fully saturated rings. The molecule has 8 aromatic carbocycles. The number of furan rings is 1. The molecule has 0 aliphatic heterocycles. The van der Waals surface area contributed by atoms with Crippen LogP contribution in [0, 0.1) is 0 Å². The maximum Gasteiger partial charge on any atom is 0.143 e. The molecule has 0 unspecified atom stereocenters. The van der Waals surface area contributed by atoms with Gasteiger partial charge in [-0.3, -0.25) is 0 Å². The monoisotopic (exact) mass is 594 g/mol. The second-order valence-corrected chi connectivity index (χ2v) is 12.7. The molecule has 1 aliphatic carbocycles. The van der Waals surface area contributed by atoms with E-state index in [9.17, 15) is 5.48 Å². The van der Waals surface area contributed by atoms with Crippen LogP contribution in [-0.4, -0.2) is 0 Å². The van der Waals surface area contributed by atoms with Crippen molar-refractivity contribution in [1.82, 2.24) is 0 Å². The van der Waals surface area contributed by atoms with E-state index in [4.69, 9.17) is 9.90 Å². The molecule has 0 bridgehead atoms. The van der Waals surface area contributed by atoms with Crippen LogP contribution in [0.15, 0.2) is 150 Å². The minimum atomic E-state index is -0.425. The third-order valence-electron chi connectivity index (χ3n) is 9.90. The van der Waals surface area contributed by atoms with Crippen molar-refractivity contribution >= 4 is 54.3 Å². The summed E-state index contributed by atoms with van der Waals surface area (Å²) in [5.74, 6) is 0. The van der Waals surface area contributed by atoms with Crippen molar-refractivity contribution in [3.63, 3.8) is 0 Å². The fourth-order valence-corrected chi connectivity index (χ4v) is 7.74. The first kappa shape index (κ1) is 19.0. The molecular weight excluding hydrogens is 556 g/mol. The van der Waals surface area contributed by atoms with Gasteiger partial charge in [-0.25, -0.2) is 0 Å². The molecule has 1 heteroatoms. The van der Waals surface area contributed by atoms with E-state index in [0.717, 1.165) is 43.8 Å². The van der Waals surface area contributed by atoms with Gasteiger partial charge in [0.05, 0.1) is 11.0 Å². The number of hydrogen-bond donors (Lipinski definition) is 0. The molecule has 1 aromatic heterocycles. The summed E-state index contributed by atoms with van der Waals surface area (Å²) in [7, 11) is 0. The Morgan fingerprint density at radius 2 is 1.11 bits per heavy atom. The second kappa shape index (κ2) is 9.19. The summed E-state index contributed by atoms with van der Waals surface area (Å²) in [4.78, 5) is 0. The lowest BCUT2D eigenvalue weighted by Crippen LogP contribution is -2.14. The Kier molecular flexibility index (Phi) is 3.79. The maximum absolute atomic E-state index is 9.40. The molecule has 1 heterocycles. The highest BCUT2D eigenvalue weighted by Crippen LogP contribution is 2.51. The van der Waals surface area contributed by atoms with E-state index in [0.29, 0.717) is 27.8 Å². The molecule has 0 spiro atoms. The van der Waals surface area contributed by atoms with E-state index in [-0.39, 0.29) is 51.1 Å². The Morgan fingerprint density at radius 1 is 0.500 bits per heavy atom. The fraction of sp³-hybridized carbons (Fsp3) is 0.0667. The van der Waals surface area contributed by atoms with E-state index in [2.05, 4.69) is 26.0 Å². The highest BCUT2D eigenvalue weighted by Gasteiger charge is 2.35. The molecule has 46 heavy (non-hydrogen) atoms. The lowest BCUT2D eigenvalue weighted by atomic mass is 9.81. The quantitative estimate of drug-likeness (QED) is 0.181. The van der Waals surface area contributed by atoms with Crippen molar-refractivity contribution in [3.8, 4) is 33.4 Å². The van der Waals surface area contributed by atoms with Gasteiger partial charge in [-0.1, -0.05) is 135 Å². The lowest BCUT2D eigenvalue weighted by molar-refractivity contribution is 0.660. The van der Waals surface area contributed by atoms with Crippen LogP contribution in [0.3, 0.4) is 0 Å². The first-order valence-electron chi connectivity index (χ1n) is 19.4.